The Labute approximate surface area is 424 Å². The number of piperidine rings is 1. The molecule has 2 unspecified atom stereocenters. The van der Waals surface area contributed by atoms with Crippen LogP contribution in [0.5, 0.6) is 0 Å². The van der Waals surface area contributed by atoms with E-state index >= 15 is 0 Å². The van der Waals surface area contributed by atoms with Crippen molar-refractivity contribution in [1.29, 1.82) is 0 Å². The number of hydrogen-bond acceptors (Lipinski definition) is 12. The summed E-state index contributed by atoms with van der Waals surface area (Å²) in [5.41, 5.74) is 8.80. The number of fused-ring (bicyclic) bond motifs is 4. The van der Waals surface area contributed by atoms with Crippen LogP contribution < -0.4 is 26.0 Å². The number of hydrogen-bond donors (Lipinski definition) is 4. The van der Waals surface area contributed by atoms with Crippen molar-refractivity contribution in [3.05, 3.63) is 117 Å². The molecular formula is C55H64N10O8. The maximum Gasteiger partial charge on any atom is 0.276 e. The highest BCUT2D eigenvalue weighted by Gasteiger charge is 2.42. The Morgan fingerprint density at radius 2 is 1.79 bits per heavy atom. The predicted molar refractivity (Wildman–Crippen MR) is 273 cm³/mol. The minimum atomic E-state index is -1.07. The Kier molecular flexibility index (Phi) is 12.7. The van der Waals surface area contributed by atoms with Crippen molar-refractivity contribution in [2.24, 2.45) is 18.4 Å². The van der Waals surface area contributed by atoms with Gasteiger partial charge < -0.3 is 49.4 Å². The number of aromatic nitrogens is 4. The third kappa shape index (κ3) is 9.07. The molecule has 8 heterocycles. The zero-order valence-corrected chi connectivity index (χ0v) is 42.0. The number of ether oxygens (including phenoxy) is 1. The number of nitrogens with zero attached hydrogens (tertiary/aromatic N) is 8. The molecule has 73 heavy (non-hydrogen) atoms. The molecule has 0 spiro atoms. The van der Waals surface area contributed by atoms with E-state index in [1.807, 2.05) is 41.3 Å². The molecule has 4 amide bonds. The van der Waals surface area contributed by atoms with Crippen LogP contribution in [0.15, 0.2) is 71.9 Å². The van der Waals surface area contributed by atoms with Crippen LogP contribution in [0.25, 0.3) is 11.1 Å². The molecule has 4 aromatic heterocycles. The Bertz CT molecular complexity index is 3070. The molecule has 11 rings (SSSR count). The molecule has 5 aromatic rings. The molecule has 2 saturated heterocycles. The van der Waals surface area contributed by atoms with Crippen molar-refractivity contribution in [1.82, 2.24) is 34.2 Å². The lowest BCUT2D eigenvalue weighted by atomic mass is 9.81. The molecule has 1 aromatic carbocycles. The maximum absolute atomic E-state index is 14.0. The van der Waals surface area contributed by atoms with Crippen molar-refractivity contribution >= 4 is 46.6 Å². The molecule has 1 saturated carbocycles. The van der Waals surface area contributed by atoms with Crippen LogP contribution in [-0.2, 0) is 60.3 Å². The maximum atomic E-state index is 14.0. The fraction of sp³-hybridized carbons (Fsp3) is 0.473. The van der Waals surface area contributed by atoms with Gasteiger partial charge in [0.1, 0.15) is 29.2 Å². The van der Waals surface area contributed by atoms with E-state index in [0.717, 1.165) is 42.5 Å². The summed E-state index contributed by atoms with van der Waals surface area (Å²) in [6, 6.07) is 14.7. The number of pyridine rings is 3. The third-order valence-corrected chi connectivity index (χ3v) is 16.1. The standard InChI is InChI=1S/C55H64N10O8/c1-32-28-61(51(69)34-21-38(22-34)73-20-6-8-33-7-5-9-40-41(33)30-65(52(40)70)44-11-13-48(67)59-50(44)68)16-17-62(32)37-10-12-47(57-27-37)58-43-23-36(29-60(4)53(43)71)39-14-15-56-49(42(39)31-66)64-19-18-63-45(54(64)72)24-35-25-55(2,3)26-46(35)63/h5,7,9-10,12,14-15,23-24,27,29,32,34,38,44,50,66,68H,6,8,11,13,16-22,25-26,28,30-31H2,1-4H3,(H,57,58)(H,59,67)/t32-,34?,38?,44?,50?/m0/s1. The highest BCUT2D eigenvalue weighted by molar-refractivity contribution is 6.06. The van der Waals surface area contributed by atoms with Crippen LogP contribution in [0.2, 0.25) is 0 Å². The lowest BCUT2D eigenvalue weighted by molar-refractivity contribution is -0.145. The first-order chi connectivity index (χ1) is 35.1. The molecule has 382 valence electrons. The number of anilines is 4. The molecule has 0 radical (unpaired) electrons. The topological polar surface area (TPSA) is 208 Å². The molecule has 18 heteroatoms. The first kappa shape index (κ1) is 48.4. The van der Waals surface area contributed by atoms with Crippen molar-refractivity contribution in [2.75, 3.05) is 47.9 Å². The Balaban J connectivity index is 0.663. The van der Waals surface area contributed by atoms with Crippen molar-refractivity contribution < 1.29 is 34.1 Å². The second-order valence-electron chi connectivity index (χ2n) is 21.6. The zero-order chi connectivity index (χ0) is 50.9. The Morgan fingerprint density at radius 1 is 0.959 bits per heavy atom. The number of aliphatic hydroxyl groups excluding tert-OH is 2. The minimum absolute atomic E-state index is 0.0385. The number of aliphatic hydroxyl groups is 2. The van der Waals surface area contributed by atoms with Gasteiger partial charge in [-0.25, -0.2) is 9.97 Å². The van der Waals surface area contributed by atoms with Gasteiger partial charge in [-0.05, 0) is 116 Å². The lowest BCUT2D eigenvalue weighted by Crippen LogP contribution is -2.56. The van der Waals surface area contributed by atoms with Crippen LogP contribution >= 0.6 is 0 Å². The smallest absolute Gasteiger partial charge is 0.276 e. The number of carbonyl (C=O) groups excluding carboxylic acids is 4. The first-order valence-corrected chi connectivity index (χ1v) is 25.8. The van der Waals surface area contributed by atoms with E-state index in [-0.39, 0.29) is 65.7 Å². The van der Waals surface area contributed by atoms with Crippen LogP contribution in [0.3, 0.4) is 0 Å². The normalized spacial score (nSPS) is 23.3. The summed E-state index contributed by atoms with van der Waals surface area (Å²) in [6.45, 7) is 10.1. The summed E-state index contributed by atoms with van der Waals surface area (Å²) < 4.78 is 9.85. The number of nitrogens with one attached hydrogen (secondary N) is 2. The van der Waals surface area contributed by atoms with Gasteiger partial charge in [0.2, 0.25) is 11.8 Å². The summed E-state index contributed by atoms with van der Waals surface area (Å²) in [7, 11) is 1.68. The quantitative estimate of drug-likeness (QED) is 0.119. The second kappa shape index (κ2) is 19.2. The van der Waals surface area contributed by atoms with Gasteiger partial charge in [0.15, 0.2) is 0 Å². The Hall–Kier alpha value is -6.89. The van der Waals surface area contributed by atoms with Crippen molar-refractivity contribution in [3.8, 4) is 11.1 Å². The minimum Gasteiger partial charge on any atom is -0.392 e. The number of piperazine rings is 1. The summed E-state index contributed by atoms with van der Waals surface area (Å²) in [5.74, 6) is 0.536. The number of aryl methyl sites for hydroxylation is 2. The largest absolute Gasteiger partial charge is 0.392 e. The van der Waals surface area contributed by atoms with Gasteiger partial charge in [-0.1, -0.05) is 26.0 Å². The van der Waals surface area contributed by atoms with Gasteiger partial charge in [-0.15, -0.1) is 0 Å². The molecular weight excluding hydrogens is 929 g/mol. The summed E-state index contributed by atoms with van der Waals surface area (Å²) in [5, 5.41) is 27.0. The first-order valence-electron chi connectivity index (χ1n) is 25.8. The highest BCUT2D eigenvalue weighted by atomic mass is 16.5. The highest BCUT2D eigenvalue weighted by Crippen LogP contribution is 2.41. The van der Waals surface area contributed by atoms with Gasteiger partial charge in [0.05, 0.1) is 30.6 Å². The molecule has 3 atom stereocenters. The molecule has 2 aliphatic carbocycles. The van der Waals surface area contributed by atoms with Crippen LogP contribution in [-0.4, -0.2) is 120 Å². The van der Waals surface area contributed by atoms with Gasteiger partial charge >= 0.3 is 0 Å². The van der Waals surface area contributed by atoms with E-state index in [2.05, 4.69) is 45.9 Å². The summed E-state index contributed by atoms with van der Waals surface area (Å²) >= 11 is 0. The van der Waals surface area contributed by atoms with Gasteiger partial charge in [0, 0.05) is 106 Å². The van der Waals surface area contributed by atoms with E-state index in [9.17, 15) is 34.2 Å². The fourth-order valence-electron chi connectivity index (χ4n) is 12.2. The van der Waals surface area contributed by atoms with Crippen molar-refractivity contribution in [3.63, 3.8) is 0 Å². The predicted octanol–water partition coefficient (Wildman–Crippen LogP) is 4.68. The molecule has 0 bridgehead atoms. The van der Waals surface area contributed by atoms with E-state index in [1.165, 1.54) is 15.8 Å². The van der Waals surface area contributed by atoms with E-state index in [0.29, 0.717) is 110 Å². The Morgan fingerprint density at radius 3 is 2.56 bits per heavy atom. The SMILES string of the molecule is C[C@H]1CN(C(=O)C2CC(OCCCc3cccc4c3CN(C3CCC(=O)NC3O)C4=O)C2)CCN1c1ccc(Nc2cc(-c3ccnc(N4CCn5c(cc6c5CC(C)(C)C6)C4=O)c3CO)cn(C)c2=O)nc1. The van der Waals surface area contributed by atoms with E-state index < -0.39 is 12.3 Å². The number of amides is 4. The van der Waals surface area contributed by atoms with Gasteiger partial charge in [-0.3, -0.25) is 28.9 Å². The van der Waals surface area contributed by atoms with Crippen molar-refractivity contribution in [2.45, 2.75) is 116 Å². The third-order valence-electron chi connectivity index (χ3n) is 16.1. The lowest BCUT2D eigenvalue weighted by Gasteiger charge is -2.44. The van der Waals surface area contributed by atoms with Gasteiger partial charge in [-0.2, -0.15) is 0 Å². The number of rotatable bonds is 13. The molecule has 4 N–H and O–H groups in total. The van der Waals surface area contributed by atoms with E-state index in [1.54, 1.807) is 47.6 Å². The molecule has 6 aliphatic rings. The van der Waals surface area contributed by atoms with Crippen LogP contribution in [0, 0.1) is 11.3 Å². The molecule has 18 nitrogen and oxygen atoms in total. The molecule has 3 fully saturated rings. The van der Waals surface area contributed by atoms with Crippen LogP contribution in [0.4, 0.5) is 23.0 Å². The van der Waals surface area contributed by atoms with Crippen LogP contribution in [0.1, 0.15) is 102 Å². The summed E-state index contributed by atoms with van der Waals surface area (Å²) in [4.78, 5) is 83.0. The van der Waals surface area contributed by atoms with Gasteiger partial charge in [0.25, 0.3) is 17.4 Å². The number of carbonyl (C=O) groups is 4. The average molecular weight is 993 g/mol. The monoisotopic (exact) mass is 992 g/mol. The average Bonchev–Trinajstić information content (AvgIpc) is 3.99. The number of benzene rings is 1. The fourth-order valence-corrected chi connectivity index (χ4v) is 12.2. The molecule has 4 aliphatic heterocycles. The summed E-state index contributed by atoms with van der Waals surface area (Å²) in [6.07, 6.45) is 9.60. The second-order valence-corrected chi connectivity index (χ2v) is 21.6. The zero-order valence-electron chi connectivity index (χ0n) is 42.0. The van der Waals surface area contributed by atoms with E-state index in [4.69, 9.17) is 9.72 Å².